The van der Waals surface area contributed by atoms with Crippen LogP contribution in [0.4, 0.5) is 0 Å². The van der Waals surface area contributed by atoms with Crippen LogP contribution in [-0.4, -0.2) is 41.8 Å². The molecule has 1 aliphatic rings. The molecule has 0 radical (unpaired) electrons. The van der Waals surface area contributed by atoms with E-state index < -0.39 is 50.3 Å². The molecule has 0 aliphatic carbocycles. The van der Waals surface area contributed by atoms with Crippen molar-refractivity contribution in [2.45, 2.75) is 40.7 Å². The number of aliphatic hydroxyl groups is 4. The van der Waals surface area contributed by atoms with Crippen molar-refractivity contribution in [3.63, 3.8) is 0 Å². The number of halogens is 1. The number of aliphatic hydroxyl groups excluding tert-OH is 4. The predicted molar refractivity (Wildman–Crippen MR) is 105 cm³/mol. The van der Waals surface area contributed by atoms with Crippen LogP contribution in [0.5, 0.6) is 17.2 Å². The number of phenolic OH excluding ortho intramolecular Hbond substituents is 3. The quantitative estimate of drug-likeness (QED) is 0.179. The minimum atomic E-state index is -1.34. The molecule has 1 aromatic carbocycles. The summed E-state index contributed by atoms with van der Waals surface area (Å²) in [5, 5.41) is 71.5. The van der Waals surface area contributed by atoms with Gasteiger partial charge in [0.05, 0.1) is 0 Å². The first-order valence-electron chi connectivity index (χ1n) is 8.91. The molecule has 0 spiro atoms. The topological polar surface area (TPSA) is 142 Å². The van der Waals surface area contributed by atoms with Crippen molar-refractivity contribution in [2.24, 2.45) is 5.92 Å². The SMILES string of the molecule is CC1=C([C@H](O)/C=C(\O)c2c(C)c(O)c(O)c(O)c2C)C=C(O)[I-]C(O)=C1C(C)C. The van der Waals surface area contributed by atoms with Gasteiger partial charge >= 0.3 is 180 Å². The van der Waals surface area contributed by atoms with Crippen LogP contribution >= 0.6 is 0 Å². The van der Waals surface area contributed by atoms with Crippen molar-refractivity contribution in [1.29, 1.82) is 0 Å². The number of hydrogen-bond donors (Lipinski definition) is 7. The molecule has 0 saturated heterocycles. The summed E-state index contributed by atoms with van der Waals surface area (Å²) >= 11 is -1.16. The third-order valence-corrected chi connectivity index (χ3v) is 6.85. The van der Waals surface area contributed by atoms with Crippen LogP contribution in [0.15, 0.2) is 36.4 Å². The number of hydrogen-bond acceptors (Lipinski definition) is 7. The molecular weight excluding hydrogens is 491 g/mol. The molecule has 1 aromatic rings. The Morgan fingerprint density at radius 2 is 1.45 bits per heavy atom. The predicted octanol–water partition coefficient (Wildman–Crippen LogP) is 0.924. The molecule has 0 saturated carbocycles. The van der Waals surface area contributed by atoms with Gasteiger partial charge in [0, 0.05) is 0 Å². The molecule has 0 fully saturated rings. The van der Waals surface area contributed by atoms with E-state index >= 15 is 0 Å². The molecule has 1 heterocycles. The van der Waals surface area contributed by atoms with E-state index in [0.29, 0.717) is 16.7 Å². The normalized spacial score (nSPS) is 17.2. The van der Waals surface area contributed by atoms with Gasteiger partial charge in [-0.15, -0.1) is 0 Å². The van der Waals surface area contributed by atoms with Gasteiger partial charge in [-0.25, -0.2) is 0 Å². The van der Waals surface area contributed by atoms with Crippen molar-refractivity contribution in [3.05, 3.63) is 53.1 Å². The molecule has 1 atom stereocenters. The summed E-state index contributed by atoms with van der Waals surface area (Å²) in [6, 6.07) is 0. The van der Waals surface area contributed by atoms with Gasteiger partial charge in [-0.3, -0.25) is 0 Å². The van der Waals surface area contributed by atoms with Crippen molar-refractivity contribution in [3.8, 4) is 17.2 Å². The van der Waals surface area contributed by atoms with Crippen LogP contribution in [0.1, 0.15) is 37.5 Å². The summed E-state index contributed by atoms with van der Waals surface area (Å²) in [6.45, 7) is 8.43. The van der Waals surface area contributed by atoms with E-state index in [9.17, 15) is 35.7 Å². The summed E-state index contributed by atoms with van der Waals surface area (Å²) in [7, 11) is 0. The summed E-state index contributed by atoms with van der Waals surface area (Å²) in [4.78, 5) is 0. The van der Waals surface area contributed by atoms with E-state index in [0.717, 1.165) is 6.08 Å². The van der Waals surface area contributed by atoms with Gasteiger partial charge in [0.1, 0.15) is 0 Å². The monoisotopic (exact) mass is 517 g/mol. The first-order valence-corrected chi connectivity index (χ1v) is 11.1. The zero-order chi connectivity index (χ0) is 22.2. The fourth-order valence-electron chi connectivity index (χ4n) is 3.39. The third kappa shape index (κ3) is 4.32. The van der Waals surface area contributed by atoms with Gasteiger partial charge in [-0.05, 0) is 0 Å². The van der Waals surface area contributed by atoms with Crippen LogP contribution < -0.4 is 21.2 Å². The van der Waals surface area contributed by atoms with E-state index in [1.807, 2.05) is 13.8 Å². The average Bonchev–Trinajstić information content (AvgIpc) is 2.73. The van der Waals surface area contributed by atoms with Gasteiger partial charge < -0.3 is 0 Å². The fraction of sp³-hybridized carbons (Fsp3) is 0.333. The van der Waals surface area contributed by atoms with E-state index in [2.05, 4.69) is 0 Å². The molecule has 2 rings (SSSR count). The summed E-state index contributed by atoms with van der Waals surface area (Å²) < 4.78 is 0.103. The van der Waals surface area contributed by atoms with Crippen LogP contribution in [0.3, 0.4) is 0 Å². The van der Waals surface area contributed by atoms with Gasteiger partial charge in [-0.1, -0.05) is 0 Å². The van der Waals surface area contributed by atoms with Crippen molar-refractivity contribution in [1.82, 2.24) is 0 Å². The molecule has 29 heavy (non-hydrogen) atoms. The van der Waals surface area contributed by atoms with Crippen LogP contribution in [-0.2, 0) is 0 Å². The standard InChI is InChI=1S/C21H26IO7/c1-8(2)16-9(3)12(6-15(25)22-21(16)29)13(23)7-14(24)17-10(4)18(26)20(28)19(27)11(17)5/h6-8,13,23-29H,1-5H3/q-1/b14-7-/t13-/m1/s1. The number of benzene rings is 1. The van der Waals surface area contributed by atoms with Crippen molar-refractivity contribution >= 4 is 5.76 Å². The zero-order valence-electron chi connectivity index (χ0n) is 16.8. The van der Waals surface area contributed by atoms with E-state index in [-0.39, 0.29) is 30.1 Å². The van der Waals surface area contributed by atoms with E-state index in [1.165, 1.54) is 19.9 Å². The van der Waals surface area contributed by atoms with Crippen LogP contribution in [0.2, 0.25) is 0 Å². The second-order valence-corrected chi connectivity index (χ2v) is 9.84. The van der Waals surface area contributed by atoms with E-state index in [4.69, 9.17) is 0 Å². The minimum absolute atomic E-state index is 0.0227. The van der Waals surface area contributed by atoms with Crippen LogP contribution in [0, 0.1) is 19.8 Å². The Hall–Kier alpha value is -2.33. The van der Waals surface area contributed by atoms with Crippen molar-refractivity contribution < 1.29 is 57.0 Å². The Labute approximate surface area is 179 Å². The first-order chi connectivity index (χ1) is 13.4. The Morgan fingerprint density at radius 1 is 0.931 bits per heavy atom. The maximum absolute atomic E-state index is 10.8. The zero-order valence-corrected chi connectivity index (χ0v) is 19.0. The second-order valence-electron chi connectivity index (χ2n) is 7.17. The molecule has 160 valence electrons. The summed E-state index contributed by atoms with van der Waals surface area (Å²) in [6.07, 6.45) is 1.18. The summed E-state index contributed by atoms with van der Waals surface area (Å²) in [5.41, 5.74) is 1.91. The Bertz CT molecular complexity index is 939. The molecular formula is C21H26IO7-. The molecule has 7 nitrogen and oxygen atoms in total. The third-order valence-electron chi connectivity index (χ3n) is 4.90. The van der Waals surface area contributed by atoms with Gasteiger partial charge in [0.15, 0.2) is 0 Å². The number of phenols is 3. The van der Waals surface area contributed by atoms with Gasteiger partial charge in [0.2, 0.25) is 0 Å². The van der Waals surface area contributed by atoms with Crippen LogP contribution in [0.25, 0.3) is 5.76 Å². The maximum atomic E-state index is 10.8. The number of rotatable bonds is 4. The Balaban J connectivity index is 2.62. The molecule has 1 aliphatic heterocycles. The molecule has 0 unspecified atom stereocenters. The summed E-state index contributed by atoms with van der Waals surface area (Å²) in [5.74, 6) is -2.27. The molecule has 8 heteroatoms. The number of aromatic hydroxyl groups is 3. The molecule has 0 aromatic heterocycles. The Kier molecular flexibility index (Phi) is 6.79. The Morgan fingerprint density at radius 3 is 1.93 bits per heavy atom. The second kappa shape index (κ2) is 8.58. The van der Waals surface area contributed by atoms with E-state index in [1.54, 1.807) is 6.92 Å². The number of allylic oxidation sites excluding steroid dienone is 2. The van der Waals surface area contributed by atoms with Gasteiger partial charge in [-0.2, -0.15) is 0 Å². The molecule has 7 N–H and O–H groups in total. The molecule has 0 bridgehead atoms. The average molecular weight is 517 g/mol. The fourth-order valence-corrected chi connectivity index (χ4v) is 5.72. The van der Waals surface area contributed by atoms with Gasteiger partial charge in [0.25, 0.3) is 0 Å². The van der Waals surface area contributed by atoms with Crippen molar-refractivity contribution in [2.75, 3.05) is 0 Å². The molecule has 0 amide bonds. The first kappa shape index (κ1) is 23.0.